The SMILES string of the molecule is O=C(c1cc(Br)ccc1O)N1CCC(C2CCCN2)CC1. The molecule has 0 bridgehead atoms. The van der Waals surface area contributed by atoms with E-state index in [1.807, 2.05) is 4.90 Å². The molecule has 0 saturated carbocycles. The van der Waals surface area contributed by atoms with Gasteiger partial charge in [0.2, 0.25) is 0 Å². The number of phenols is 1. The molecule has 1 amide bonds. The summed E-state index contributed by atoms with van der Waals surface area (Å²) in [4.78, 5) is 14.4. The van der Waals surface area contributed by atoms with E-state index >= 15 is 0 Å². The van der Waals surface area contributed by atoms with Gasteiger partial charge in [-0.3, -0.25) is 4.79 Å². The summed E-state index contributed by atoms with van der Waals surface area (Å²) < 4.78 is 0.814. The molecule has 0 aromatic heterocycles. The number of amides is 1. The molecule has 1 unspecified atom stereocenters. The fraction of sp³-hybridized carbons (Fsp3) is 0.562. The third-order valence-corrected chi connectivity index (χ3v) is 5.18. The third kappa shape index (κ3) is 3.24. The first-order valence-corrected chi connectivity index (χ1v) is 8.45. The lowest BCUT2D eigenvalue weighted by atomic mass is 9.88. The molecule has 1 aromatic rings. The van der Waals surface area contributed by atoms with Crippen molar-refractivity contribution in [3.05, 3.63) is 28.2 Å². The molecule has 2 fully saturated rings. The van der Waals surface area contributed by atoms with Crippen molar-refractivity contribution in [3.63, 3.8) is 0 Å². The van der Waals surface area contributed by atoms with Crippen molar-refractivity contribution >= 4 is 21.8 Å². The monoisotopic (exact) mass is 352 g/mol. The maximum absolute atomic E-state index is 12.5. The molecule has 1 atom stereocenters. The highest BCUT2D eigenvalue weighted by Gasteiger charge is 2.30. The predicted octanol–water partition coefficient (Wildman–Crippen LogP) is 2.76. The van der Waals surface area contributed by atoms with E-state index in [0.717, 1.165) is 36.9 Å². The number of aromatic hydroxyl groups is 1. The average molecular weight is 353 g/mol. The Balaban J connectivity index is 1.63. The Labute approximate surface area is 133 Å². The summed E-state index contributed by atoms with van der Waals surface area (Å²) >= 11 is 3.35. The van der Waals surface area contributed by atoms with E-state index in [9.17, 15) is 9.90 Å². The van der Waals surface area contributed by atoms with E-state index in [2.05, 4.69) is 21.2 Å². The third-order valence-electron chi connectivity index (χ3n) is 4.68. The second kappa shape index (κ2) is 6.36. The second-order valence-electron chi connectivity index (χ2n) is 5.99. The number of halogens is 1. The minimum absolute atomic E-state index is 0.0581. The summed E-state index contributed by atoms with van der Waals surface area (Å²) in [5.41, 5.74) is 0.391. The van der Waals surface area contributed by atoms with Crippen molar-refractivity contribution < 1.29 is 9.90 Å². The quantitative estimate of drug-likeness (QED) is 0.860. The Morgan fingerprint density at radius 3 is 2.71 bits per heavy atom. The topological polar surface area (TPSA) is 52.6 Å². The molecule has 0 radical (unpaired) electrons. The maximum Gasteiger partial charge on any atom is 0.257 e. The highest BCUT2D eigenvalue weighted by atomic mass is 79.9. The number of nitrogens with zero attached hydrogens (tertiary/aromatic N) is 1. The number of benzene rings is 1. The van der Waals surface area contributed by atoms with Gasteiger partial charge in [0, 0.05) is 23.6 Å². The Morgan fingerprint density at radius 1 is 1.29 bits per heavy atom. The van der Waals surface area contributed by atoms with Crippen molar-refractivity contribution in [2.75, 3.05) is 19.6 Å². The summed E-state index contributed by atoms with van der Waals surface area (Å²) in [5, 5.41) is 13.5. The normalized spacial score (nSPS) is 23.5. The first kappa shape index (κ1) is 14.9. The highest BCUT2D eigenvalue weighted by Crippen LogP contribution is 2.28. The van der Waals surface area contributed by atoms with Crippen LogP contribution in [0.1, 0.15) is 36.0 Å². The van der Waals surface area contributed by atoms with E-state index in [1.165, 1.54) is 12.8 Å². The van der Waals surface area contributed by atoms with Crippen LogP contribution in [-0.2, 0) is 0 Å². The molecule has 114 valence electrons. The number of hydrogen-bond donors (Lipinski definition) is 2. The van der Waals surface area contributed by atoms with Crippen LogP contribution in [0.2, 0.25) is 0 Å². The Kier molecular flexibility index (Phi) is 4.50. The number of phenolic OH excluding ortho intramolecular Hbond substituents is 1. The van der Waals surface area contributed by atoms with Gasteiger partial charge < -0.3 is 15.3 Å². The van der Waals surface area contributed by atoms with E-state index in [1.54, 1.807) is 18.2 Å². The van der Waals surface area contributed by atoms with Gasteiger partial charge in [0.15, 0.2) is 0 Å². The largest absolute Gasteiger partial charge is 0.507 e. The first-order valence-electron chi connectivity index (χ1n) is 7.66. The molecule has 0 aliphatic carbocycles. The van der Waals surface area contributed by atoms with Gasteiger partial charge in [-0.15, -0.1) is 0 Å². The number of carbonyl (C=O) groups excluding carboxylic acids is 1. The van der Waals surface area contributed by atoms with Gasteiger partial charge in [-0.1, -0.05) is 15.9 Å². The molecule has 0 spiro atoms. The van der Waals surface area contributed by atoms with Crippen molar-refractivity contribution in [2.24, 2.45) is 5.92 Å². The van der Waals surface area contributed by atoms with Crippen LogP contribution in [-0.4, -0.2) is 41.6 Å². The summed E-state index contributed by atoms with van der Waals surface area (Å²) in [7, 11) is 0. The van der Waals surface area contributed by atoms with Gasteiger partial charge in [-0.2, -0.15) is 0 Å². The molecule has 1 aromatic carbocycles. The van der Waals surface area contributed by atoms with Gasteiger partial charge in [-0.25, -0.2) is 0 Å². The lowest BCUT2D eigenvalue weighted by molar-refractivity contribution is 0.0671. The van der Waals surface area contributed by atoms with Crippen LogP contribution in [0.25, 0.3) is 0 Å². The van der Waals surface area contributed by atoms with E-state index < -0.39 is 0 Å². The fourth-order valence-electron chi connectivity index (χ4n) is 3.47. The van der Waals surface area contributed by atoms with Crippen molar-refractivity contribution in [1.29, 1.82) is 0 Å². The fourth-order valence-corrected chi connectivity index (χ4v) is 3.83. The Hall–Kier alpha value is -1.07. The second-order valence-corrected chi connectivity index (χ2v) is 6.91. The van der Waals surface area contributed by atoms with Crippen LogP contribution in [0.15, 0.2) is 22.7 Å². The molecule has 2 N–H and O–H groups in total. The average Bonchev–Trinajstić information content (AvgIpc) is 3.03. The number of likely N-dealkylation sites (tertiary alicyclic amines) is 1. The predicted molar refractivity (Wildman–Crippen MR) is 85.5 cm³/mol. The van der Waals surface area contributed by atoms with Crippen LogP contribution in [0, 0.1) is 5.92 Å². The molecule has 2 aliphatic heterocycles. The van der Waals surface area contributed by atoms with E-state index in [0.29, 0.717) is 17.5 Å². The van der Waals surface area contributed by atoms with Crippen molar-refractivity contribution in [3.8, 4) is 5.75 Å². The molecule has 2 heterocycles. The number of rotatable bonds is 2. The summed E-state index contributed by atoms with van der Waals surface area (Å²) in [6, 6.07) is 5.64. The summed E-state index contributed by atoms with van der Waals surface area (Å²) in [6.45, 7) is 2.71. The van der Waals surface area contributed by atoms with Gasteiger partial charge in [0.25, 0.3) is 5.91 Å². The standard InChI is InChI=1S/C16H21BrN2O2/c17-12-3-4-15(20)13(10-12)16(21)19-8-5-11(6-9-19)14-2-1-7-18-14/h3-4,10-11,14,18,20H,1-2,5-9H2. The molecule has 2 aliphatic rings. The van der Waals surface area contributed by atoms with Gasteiger partial charge in [0.05, 0.1) is 5.56 Å². The zero-order chi connectivity index (χ0) is 14.8. The van der Waals surface area contributed by atoms with E-state index in [-0.39, 0.29) is 11.7 Å². The van der Waals surface area contributed by atoms with Crippen LogP contribution >= 0.6 is 15.9 Å². The van der Waals surface area contributed by atoms with Crippen LogP contribution < -0.4 is 5.32 Å². The van der Waals surface area contributed by atoms with Crippen LogP contribution in [0.5, 0.6) is 5.75 Å². The first-order chi connectivity index (χ1) is 10.1. The smallest absolute Gasteiger partial charge is 0.257 e. The lowest BCUT2D eigenvalue weighted by Gasteiger charge is -2.35. The minimum Gasteiger partial charge on any atom is -0.507 e. The number of carbonyl (C=O) groups is 1. The zero-order valence-electron chi connectivity index (χ0n) is 12.0. The number of hydrogen-bond acceptors (Lipinski definition) is 3. The van der Waals surface area contributed by atoms with E-state index in [4.69, 9.17) is 0 Å². The van der Waals surface area contributed by atoms with Crippen LogP contribution in [0.3, 0.4) is 0 Å². The molecular weight excluding hydrogens is 332 g/mol. The Bertz CT molecular complexity index is 521. The maximum atomic E-state index is 12.5. The lowest BCUT2D eigenvalue weighted by Crippen LogP contribution is -2.43. The minimum atomic E-state index is -0.0633. The number of nitrogens with one attached hydrogen (secondary N) is 1. The van der Waals surface area contributed by atoms with Crippen LogP contribution in [0.4, 0.5) is 0 Å². The van der Waals surface area contributed by atoms with Gasteiger partial charge >= 0.3 is 0 Å². The molecule has 21 heavy (non-hydrogen) atoms. The molecule has 2 saturated heterocycles. The van der Waals surface area contributed by atoms with Crippen molar-refractivity contribution in [2.45, 2.75) is 31.7 Å². The van der Waals surface area contributed by atoms with Crippen molar-refractivity contribution in [1.82, 2.24) is 10.2 Å². The van der Waals surface area contributed by atoms with Gasteiger partial charge in [0.1, 0.15) is 5.75 Å². The summed E-state index contributed by atoms with van der Waals surface area (Å²) in [5.74, 6) is 0.682. The Morgan fingerprint density at radius 2 is 2.05 bits per heavy atom. The zero-order valence-corrected chi connectivity index (χ0v) is 13.6. The highest BCUT2D eigenvalue weighted by molar-refractivity contribution is 9.10. The summed E-state index contributed by atoms with van der Waals surface area (Å²) in [6.07, 6.45) is 4.65. The molecule has 3 rings (SSSR count). The molecular formula is C16H21BrN2O2. The molecule has 4 nitrogen and oxygen atoms in total. The number of piperidine rings is 1. The van der Waals surface area contributed by atoms with Gasteiger partial charge in [-0.05, 0) is 56.3 Å². The molecule has 5 heteroatoms.